The Morgan fingerprint density at radius 2 is 2.44 bits per heavy atom. The molecule has 1 fully saturated rings. The first-order valence-electron chi connectivity index (χ1n) is 5.41. The van der Waals surface area contributed by atoms with Crippen molar-refractivity contribution in [2.75, 3.05) is 6.54 Å². The molecule has 84 valence electrons. The van der Waals surface area contributed by atoms with Crippen LogP contribution in [0.15, 0.2) is 12.5 Å². The second kappa shape index (κ2) is 4.35. The second-order valence-corrected chi connectivity index (χ2v) is 4.06. The lowest BCUT2D eigenvalue weighted by Crippen LogP contribution is -2.43. The number of carbonyl (C=O) groups is 1. The second-order valence-electron chi connectivity index (χ2n) is 4.06. The summed E-state index contributed by atoms with van der Waals surface area (Å²) in [7, 11) is 1.82. The van der Waals surface area contributed by atoms with Gasteiger partial charge in [0.2, 0.25) is 0 Å². The van der Waals surface area contributed by atoms with Gasteiger partial charge in [-0.1, -0.05) is 0 Å². The van der Waals surface area contributed by atoms with E-state index in [9.17, 15) is 4.79 Å². The molecule has 0 saturated carbocycles. The van der Waals surface area contributed by atoms with Gasteiger partial charge in [0.15, 0.2) is 0 Å². The summed E-state index contributed by atoms with van der Waals surface area (Å²) in [5.74, 6) is -0.133. The van der Waals surface area contributed by atoms with Crippen LogP contribution in [0.3, 0.4) is 0 Å². The normalized spacial score (nSPS) is 20.5. The van der Waals surface area contributed by atoms with Gasteiger partial charge in [-0.05, 0) is 19.3 Å². The molecular formula is C11H14N4O. The Hall–Kier alpha value is -1.83. The van der Waals surface area contributed by atoms with Crippen molar-refractivity contribution in [3.8, 4) is 6.07 Å². The molecule has 0 bridgehead atoms. The molecule has 1 unspecified atom stereocenters. The molecule has 2 heterocycles. The van der Waals surface area contributed by atoms with Gasteiger partial charge in [0.25, 0.3) is 5.91 Å². The van der Waals surface area contributed by atoms with E-state index in [1.807, 2.05) is 7.05 Å². The van der Waals surface area contributed by atoms with Crippen molar-refractivity contribution in [1.82, 2.24) is 14.5 Å². The molecule has 1 atom stereocenters. The van der Waals surface area contributed by atoms with E-state index in [1.54, 1.807) is 22.0 Å². The number of carbonyl (C=O) groups excluding carboxylic acids is 1. The SMILES string of the molecule is Cn1cnc(C(=O)N2CCCCC2C#N)c1. The number of nitriles is 1. The minimum Gasteiger partial charge on any atom is -0.340 e. The van der Waals surface area contributed by atoms with Crippen LogP contribution in [0.5, 0.6) is 0 Å². The van der Waals surface area contributed by atoms with Crippen LogP contribution in [0.2, 0.25) is 0 Å². The number of piperidine rings is 1. The quantitative estimate of drug-likeness (QED) is 0.704. The Kier molecular flexibility index (Phi) is 2.91. The average Bonchev–Trinajstić information content (AvgIpc) is 2.75. The van der Waals surface area contributed by atoms with Crippen LogP contribution in [0.1, 0.15) is 29.8 Å². The van der Waals surface area contributed by atoms with E-state index < -0.39 is 0 Å². The molecule has 0 aromatic carbocycles. The van der Waals surface area contributed by atoms with E-state index >= 15 is 0 Å². The van der Waals surface area contributed by atoms with Crippen LogP contribution in [0, 0.1) is 11.3 Å². The number of hydrogen-bond donors (Lipinski definition) is 0. The van der Waals surface area contributed by atoms with Crippen molar-refractivity contribution >= 4 is 5.91 Å². The molecule has 1 aliphatic rings. The van der Waals surface area contributed by atoms with Crippen molar-refractivity contribution in [3.05, 3.63) is 18.2 Å². The van der Waals surface area contributed by atoms with Crippen molar-refractivity contribution in [2.45, 2.75) is 25.3 Å². The Labute approximate surface area is 94.3 Å². The van der Waals surface area contributed by atoms with E-state index in [1.165, 1.54) is 0 Å². The van der Waals surface area contributed by atoms with Crippen LogP contribution >= 0.6 is 0 Å². The van der Waals surface area contributed by atoms with Gasteiger partial charge in [0.05, 0.1) is 12.4 Å². The first-order chi connectivity index (χ1) is 7.72. The predicted molar refractivity (Wildman–Crippen MR) is 57.5 cm³/mol. The Balaban J connectivity index is 2.17. The highest BCUT2D eigenvalue weighted by Crippen LogP contribution is 2.18. The summed E-state index contributed by atoms with van der Waals surface area (Å²) >= 11 is 0. The van der Waals surface area contributed by atoms with Gasteiger partial charge in [-0.25, -0.2) is 4.98 Å². The summed E-state index contributed by atoms with van der Waals surface area (Å²) in [5.41, 5.74) is 0.421. The molecule has 5 nitrogen and oxygen atoms in total. The predicted octanol–water partition coefficient (Wildman–Crippen LogP) is 0.938. The van der Waals surface area contributed by atoms with Crippen LogP contribution in [0.4, 0.5) is 0 Å². The lowest BCUT2D eigenvalue weighted by atomic mass is 10.0. The van der Waals surface area contributed by atoms with Crippen LogP contribution < -0.4 is 0 Å². The Bertz CT molecular complexity index is 431. The number of imidazole rings is 1. The maximum absolute atomic E-state index is 12.1. The maximum Gasteiger partial charge on any atom is 0.275 e. The van der Waals surface area contributed by atoms with E-state index in [0.717, 1.165) is 19.3 Å². The minimum absolute atomic E-state index is 0.133. The highest BCUT2D eigenvalue weighted by Gasteiger charge is 2.28. The number of aromatic nitrogens is 2. The van der Waals surface area contributed by atoms with Gasteiger partial charge in [-0.15, -0.1) is 0 Å². The third-order valence-corrected chi connectivity index (χ3v) is 2.84. The maximum atomic E-state index is 12.1. The molecule has 5 heteroatoms. The average molecular weight is 218 g/mol. The first kappa shape index (κ1) is 10.7. The van der Waals surface area contributed by atoms with E-state index in [0.29, 0.717) is 12.2 Å². The molecule has 16 heavy (non-hydrogen) atoms. The Morgan fingerprint density at radius 3 is 3.06 bits per heavy atom. The van der Waals surface area contributed by atoms with Crippen molar-refractivity contribution in [1.29, 1.82) is 5.26 Å². The molecular weight excluding hydrogens is 204 g/mol. The molecule has 0 N–H and O–H groups in total. The molecule has 1 aliphatic heterocycles. The zero-order valence-electron chi connectivity index (χ0n) is 9.26. The van der Waals surface area contributed by atoms with Crippen molar-refractivity contribution < 1.29 is 4.79 Å². The van der Waals surface area contributed by atoms with Gasteiger partial charge in [0.1, 0.15) is 11.7 Å². The Morgan fingerprint density at radius 1 is 1.62 bits per heavy atom. The zero-order chi connectivity index (χ0) is 11.5. The number of likely N-dealkylation sites (tertiary alicyclic amines) is 1. The fourth-order valence-electron chi connectivity index (χ4n) is 1.98. The van der Waals surface area contributed by atoms with E-state index in [2.05, 4.69) is 11.1 Å². The fourth-order valence-corrected chi connectivity index (χ4v) is 1.98. The minimum atomic E-state index is -0.289. The molecule has 0 aliphatic carbocycles. The topological polar surface area (TPSA) is 61.9 Å². The van der Waals surface area contributed by atoms with E-state index in [-0.39, 0.29) is 11.9 Å². The number of rotatable bonds is 1. The number of amides is 1. The van der Waals surface area contributed by atoms with Crippen molar-refractivity contribution in [2.24, 2.45) is 7.05 Å². The standard InChI is InChI=1S/C11H14N4O/c1-14-7-10(13-8-14)11(16)15-5-3-2-4-9(15)6-12/h7-9H,2-5H2,1H3. The summed E-state index contributed by atoms with van der Waals surface area (Å²) in [6, 6.07) is 1.89. The first-order valence-corrected chi connectivity index (χ1v) is 5.41. The summed E-state index contributed by atoms with van der Waals surface area (Å²) in [6.45, 7) is 0.660. The van der Waals surface area contributed by atoms with Crippen molar-refractivity contribution in [3.63, 3.8) is 0 Å². The third-order valence-electron chi connectivity index (χ3n) is 2.84. The molecule has 1 amide bonds. The third kappa shape index (κ3) is 1.91. The van der Waals surface area contributed by atoms with Gasteiger partial charge in [0, 0.05) is 19.8 Å². The largest absolute Gasteiger partial charge is 0.340 e. The molecule has 0 spiro atoms. The summed E-state index contributed by atoms with van der Waals surface area (Å²) in [5, 5.41) is 8.99. The summed E-state index contributed by atoms with van der Waals surface area (Å²) in [4.78, 5) is 17.7. The highest BCUT2D eigenvalue weighted by atomic mass is 16.2. The molecule has 0 radical (unpaired) electrons. The monoisotopic (exact) mass is 218 g/mol. The zero-order valence-corrected chi connectivity index (χ0v) is 9.26. The molecule has 1 saturated heterocycles. The van der Waals surface area contributed by atoms with Gasteiger partial charge < -0.3 is 9.47 Å². The smallest absolute Gasteiger partial charge is 0.275 e. The van der Waals surface area contributed by atoms with E-state index in [4.69, 9.17) is 5.26 Å². The molecule has 1 aromatic heterocycles. The number of aryl methyl sites for hydroxylation is 1. The molecule has 2 rings (SSSR count). The van der Waals surface area contributed by atoms with Gasteiger partial charge in [-0.3, -0.25) is 4.79 Å². The van der Waals surface area contributed by atoms with Crippen LogP contribution in [0.25, 0.3) is 0 Å². The number of nitrogens with zero attached hydrogens (tertiary/aromatic N) is 4. The lowest BCUT2D eigenvalue weighted by Gasteiger charge is -2.30. The summed E-state index contributed by atoms with van der Waals surface area (Å²) in [6.07, 6.45) is 6.04. The van der Waals surface area contributed by atoms with Gasteiger partial charge >= 0.3 is 0 Å². The van der Waals surface area contributed by atoms with Crippen LogP contribution in [-0.4, -0.2) is 32.9 Å². The molecule has 1 aromatic rings. The van der Waals surface area contributed by atoms with Crippen LogP contribution in [-0.2, 0) is 7.05 Å². The summed E-state index contributed by atoms with van der Waals surface area (Å²) < 4.78 is 1.73. The van der Waals surface area contributed by atoms with Gasteiger partial charge in [-0.2, -0.15) is 5.26 Å². The lowest BCUT2D eigenvalue weighted by molar-refractivity contribution is 0.0665. The highest BCUT2D eigenvalue weighted by molar-refractivity contribution is 5.92. The fraction of sp³-hybridized carbons (Fsp3) is 0.545. The number of hydrogen-bond acceptors (Lipinski definition) is 3.